The minimum Gasteiger partial charge on any atom is -0.496 e. The Morgan fingerprint density at radius 3 is 2.73 bits per heavy atom. The van der Waals surface area contributed by atoms with Gasteiger partial charge in [0.05, 0.1) is 36.5 Å². The molecule has 0 saturated carbocycles. The number of hydrogen-bond acceptors (Lipinski definition) is 7. The fourth-order valence-corrected chi connectivity index (χ4v) is 4.38. The summed E-state index contributed by atoms with van der Waals surface area (Å²) in [5.74, 6) is 2.14. The summed E-state index contributed by atoms with van der Waals surface area (Å²) < 4.78 is 10.9. The molecular weight excluding hydrogens is 418 g/mol. The van der Waals surface area contributed by atoms with Crippen LogP contribution in [0.25, 0.3) is 11.3 Å². The highest BCUT2D eigenvalue weighted by molar-refractivity contribution is 5.80. The Kier molecular flexibility index (Phi) is 6.62. The van der Waals surface area contributed by atoms with Crippen LogP contribution in [0.4, 0.5) is 5.95 Å². The average Bonchev–Trinajstić information content (AvgIpc) is 3.24. The van der Waals surface area contributed by atoms with Gasteiger partial charge in [0, 0.05) is 32.9 Å². The molecule has 0 radical (unpaired) electrons. The molecule has 3 aromatic rings. The van der Waals surface area contributed by atoms with Crippen LogP contribution in [0.5, 0.6) is 5.75 Å². The summed E-state index contributed by atoms with van der Waals surface area (Å²) in [6, 6.07) is 7.64. The number of likely N-dealkylation sites (tertiary alicyclic amines) is 1. The summed E-state index contributed by atoms with van der Waals surface area (Å²) in [4.78, 5) is 26.7. The van der Waals surface area contributed by atoms with Gasteiger partial charge >= 0.3 is 0 Å². The van der Waals surface area contributed by atoms with E-state index < -0.39 is 0 Å². The first-order chi connectivity index (χ1) is 15.9. The van der Waals surface area contributed by atoms with Crippen LogP contribution in [0.1, 0.15) is 47.8 Å². The molecule has 1 atom stereocenters. The second kappa shape index (κ2) is 9.60. The van der Waals surface area contributed by atoms with E-state index in [1.165, 1.54) is 0 Å². The number of piperidine rings is 1. The van der Waals surface area contributed by atoms with E-state index in [-0.39, 0.29) is 11.9 Å². The number of ether oxygens (including phenoxy) is 1. The number of amides is 1. The normalized spacial score (nSPS) is 16.0. The van der Waals surface area contributed by atoms with Crippen LogP contribution < -0.4 is 9.64 Å². The number of hydrogen-bond donors (Lipinski definition) is 0. The van der Waals surface area contributed by atoms with Gasteiger partial charge in [-0.05, 0) is 50.3 Å². The minimum atomic E-state index is -0.146. The Hall–Kier alpha value is -3.42. The molecule has 1 saturated heterocycles. The monoisotopic (exact) mass is 449 g/mol. The summed E-state index contributed by atoms with van der Waals surface area (Å²) in [5, 5.41) is 4.04. The molecule has 1 aliphatic heterocycles. The Morgan fingerprint density at radius 2 is 2.06 bits per heavy atom. The number of carbonyl (C=O) groups is 1. The van der Waals surface area contributed by atoms with Crippen molar-refractivity contribution in [3.05, 3.63) is 53.0 Å². The molecule has 1 aliphatic rings. The Balaban J connectivity index is 1.68. The summed E-state index contributed by atoms with van der Waals surface area (Å²) in [6.45, 7) is 4.58. The van der Waals surface area contributed by atoms with E-state index in [0.29, 0.717) is 24.7 Å². The van der Waals surface area contributed by atoms with Crippen LogP contribution in [-0.2, 0) is 11.2 Å². The van der Waals surface area contributed by atoms with Crippen LogP contribution >= 0.6 is 0 Å². The van der Waals surface area contributed by atoms with Crippen LogP contribution in [-0.4, -0.2) is 53.7 Å². The van der Waals surface area contributed by atoms with E-state index >= 15 is 0 Å². The average molecular weight is 450 g/mol. The third-order valence-electron chi connectivity index (χ3n) is 6.05. The molecule has 1 fully saturated rings. The van der Waals surface area contributed by atoms with Gasteiger partial charge in [-0.2, -0.15) is 0 Å². The van der Waals surface area contributed by atoms with Crippen LogP contribution in [0, 0.1) is 13.8 Å². The highest BCUT2D eigenvalue weighted by atomic mass is 16.5. The molecule has 1 amide bonds. The van der Waals surface area contributed by atoms with Crippen molar-refractivity contribution in [3.63, 3.8) is 0 Å². The maximum atomic E-state index is 13.5. The lowest BCUT2D eigenvalue weighted by atomic mass is 9.94. The van der Waals surface area contributed by atoms with Gasteiger partial charge in [-0.3, -0.25) is 4.79 Å². The zero-order valence-corrected chi connectivity index (χ0v) is 20.0. The van der Waals surface area contributed by atoms with Crippen molar-refractivity contribution in [1.29, 1.82) is 0 Å². The summed E-state index contributed by atoms with van der Waals surface area (Å²) in [6.07, 6.45) is 4.97. The number of anilines is 1. The van der Waals surface area contributed by atoms with Crippen molar-refractivity contribution in [3.8, 4) is 17.1 Å². The summed E-state index contributed by atoms with van der Waals surface area (Å²) in [7, 11) is 5.48. The first-order valence-electron chi connectivity index (χ1n) is 11.3. The van der Waals surface area contributed by atoms with Crippen LogP contribution in [0.2, 0.25) is 0 Å². The van der Waals surface area contributed by atoms with E-state index in [4.69, 9.17) is 14.2 Å². The van der Waals surface area contributed by atoms with Gasteiger partial charge in [0.15, 0.2) is 5.76 Å². The predicted octanol–water partition coefficient (Wildman–Crippen LogP) is 4.12. The van der Waals surface area contributed by atoms with Gasteiger partial charge in [-0.15, -0.1) is 0 Å². The van der Waals surface area contributed by atoms with Crippen molar-refractivity contribution in [2.24, 2.45) is 0 Å². The lowest BCUT2D eigenvalue weighted by Gasteiger charge is -2.36. The number of aryl methyl sites for hydroxylation is 2. The van der Waals surface area contributed by atoms with Crippen molar-refractivity contribution < 1.29 is 14.1 Å². The van der Waals surface area contributed by atoms with Gasteiger partial charge in [0.1, 0.15) is 5.75 Å². The molecule has 2 aromatic heterocycles. The molecule has 0 aliphatic carbocycles. The first-order valence-corrected chi connectivity index (χ1v) is 11.3. The number of benzene rings is 1. The molecule has 0 N–H and O–H groups in total. The molecular formula is C25H31N5O3. The highest BCUT2D eigenvalue weighted by Crippen LogP contribution is 2.37. The lowest BCUT2D eigenvalue weighted by molar-refractivity contribution is -0.134. The number of carbonyl (C=O) groups excluding carboxylic acids is 1. The van der Waals surface area contributed by atoms with Gasteiger partial charge in [0.25, 0.3) is 0 Å². The largest absolute Gasteiger partial charge is 0.496 e. The second-order valence-electron chi connectivity index (χ2n) is 8.78. The molecule has 1 aromatic carbocycles. The van der Waals surface area contributed by atoms with Crippen molar-refractivity contribution in [1.82, 2.24) is 20.0 Å². The standard InChI is InChI=1S/C25H31N5O3/c1-16-12-18(9-10-21(16)32-5)14-23(31)30-11-7-6-8-20(30)24-19(22-13-17(2)28-33-22)15-26-25(27-24)29(3)4/h9-10,12-13,15,20H,6-8,11,14H2,1-5H3/t20-/m1/s1. The fourth-order valence-electron chi connectivity index (χ4n) is 4.38. The molecule has 8 heteroatoms. The number of aromatic nitrogens is 3. The van der Waals surface area contributed by atoms with Crippen LogP contribution in [0.3, 0.4) is 0 Å². The zero-order valence-electron chi connectivity index (χ0n) is 20.0. The number of methoxy groups -OCH3 is 1. The van der Waals surface area contributed by atoms with Gasteiger partial charge in [0.2, 0.25) is 11.9 Å². The fraction of sp³-hybridized carbons (Fsp3) is 0.440. The summed E-state index contributed by atoms with van der Waals surface area (Å²) >= 11 is 0. The van der Waals surface area contributed by atoms with E-state index in [0.717, 1.165) is 53.1 Å². The minimum absolute atomic E-state index is 0.0917. The van der Waals surface area contributed by atoms with Gasteiger partial charge < -0.3 is 19.1 Å². The Morgan fingerprint density at radius 1 is 1.24 bits per heavy atom. The van der Waals surface area contributed by atoms with Crippen molar-refractivity contribution in [2.75, 3.05) is 32.6 Å². The molecule has 0 bridgehead atoms. The lowest BCUT2D eigenvalue weighted by Crippen LogP contribution is -2.40. The molecule has 4 rings (SSSR count). The van der Waals surface area contributed by atoms with Crippen molar-refractivity contribution >= 4 is 11.9 Å². The van der Waals surface area contributed by atoms with Gasteiger partial charge in [-0.25, -0.2) is 9.97 Å². The Labute approximate surface area is 194 Å². The third-order valence-corrected chi connectivity index (χ3v) is 6.05. The number of rotatable bonds is 6. The Bertz CT molecular complexity index is 1140. The van der Waals surface area contributed by atoms with Crippen LogP contribution in [0.15, 0.2) is 35.0 Å². The SMILES string of the molecule is COc1ccc(CC(=O)N2CCCC[C@@H]2c2nc(N(C)C)ncc2-c2cc(C)no2)cc1C. The predicted molar refractivity (Wildman–Crippen MR) is 126 cm³/mol. The highest BCUT2D eigenvalue weighted by Gasteiger charge is 2.32. The number of nitrogens with zero attached hydrogens (tertiary/aromatic N) is 5. The van der Waals surface area contributed by atoms with E-state index in [9.17, 15) is 4.79 Å². The molecule has 0 unspecified atom stereocenters. The quantitative estimate of drug-likeness (QED) is 0.560. The second-order valence-corrected chi connectivity index (χ2v) is 8.78. The molecule has 174 valence electrons. The molecule has 0 spiro atoms. The molecule has 3 heterocycles. The maximum absolute atomic E-state index is 13.5. The summed E-state index contributed by atoms with van der Waals surface area (Å²) in [5.41, 5.74) is 4.38. The first kappa shape index (κ1) is 22.8. The van der Waals surface area contributed by atoms with E-state index in [1.54, 1.807) is 13.3 Å². The zero-order chi connectivity index (χ0) is 23.5. The van der Waals surface area contributed by atoms with E-state index in [2.05, 4.69) is 10.1 Å². The molecule has 8 nitrogen and oxygen atoms in total. The third kappa shape index (κ3) is 4.84. The maximum Gasteiger partial charge on any atom is 0.227 e. The van der Waals surface area contributed by atoms with Gasteiger partial charge in [-0.1, -0.05) is 17.3 Å². The van der Waals surface area contributed by atoms with E-state index in [1.807, 2.05) is 62.0 Å². The molecule has 33 heavy (non-hydrogen) atoms. The smallest absolute Gasteiger partial charge is 0.227 e. The topological polar surface area (TPSA) is 84.6 Å². The van der Waals surface area contributed by atoms with Crippen molar-refractivity contribution in [2.45, 2.75) is 45.6 Å².